The van der Waals surface area contributed by atoms with Crippen LogP contribution in [0.4, 0.5) is 0 Å². The van der Waals surface area contributed by atoms with Crippen molar-refractivity contribution in [2.24, 2.45) is 0 Å². The minimum Gasteiger partial charge on any atom is -0.454 e. The maximum Gasteiger partial charge on any atom is 0.339 e. The Morgan fingerprint density at radius 1 is 1.06 bits per heavy atom. The van der Waals surface area contributed by atoms with Crippen LogP contribution in [0.15, 0.2) is 48.5 Å². The molecule has 2 aromatic carbocycles. The molecule has 0 aliphatic carbocycles. The van der Waals surface area contributed by atoms with Gasteiger partial charge < -0.3 is 4.74 Å². The molecule has 0 radical (unpaired) electrons. The van der Waals surface area contributed by atoms with Crippen LogP contribution in [0.25, 0.3) is 0 Å². The Kier molecular flexibility index (Phi) is 2.80. The summed E-state index contributed by atoms with van der Waals surface area (Å²) in [5.74, 6) is -0.232. The lowest BCUT2D eigenvalue weighted by Gasteiger charge is -2.10. The fourth-order valence-corrected chi connectivity index (χ4v) is 2.33. The van der Waals surface area contributed by atoms with E-state index >= 15 is 0 Å². The number of cyclic esters (lactones) is 1. The van der Waals surface area contributed by atoms with E-state index in [1.165, 1.54) is 0 Å². The number of carbonyl (C=O) groups is 1. The Balaban J connectivity index is 1.87. The molecule has 3 heteroatoms. The number of hydrogen-bond acceptors (Lipinski definition) is 2. The maximum absolute atomic E-state index is 11.7. The highest BCUT2D eigenvalue weighted by molar-refractivity contribution is 6.30. The lowest BCUT2D eigenvalue weighted by atomic mass is 9.99. The maximum atomic E-state index is 11.7. The monoisotopic (exact) mass is 258 g/mol. The normalized spacial score (nSPS) is 17.4. The van der Waals surface area contributed by atoms with E-state index in [4.69, 9.17) is 16.3 Å². The van der Waals surface area contributed by atoms with Crippen molar-refractivity contribution in [2.45, 2.75) is 12.5 Å². The van der Waals surface area contributed by atoms with Crippen LogP contribution < -0.4 is 0 Å². The van der Waals surface area contributed by atoms with E-state index in [1.807, 2.05) is 42.5 Å². The van der Waals surface area contributed by atoms with E-state index in [9.17, 15) is 4.79 Å². The zero-order valence-corrected chi connectivity index (χ0v) is 10.4. The lowest BCUT2D eigenvalue weighted by molar-refractivity contribution is 0.0387. The van der Waals surface area contributed by atoms with E-state index in [-0.39, 0.29) is 12.1 Å². The lowest BCUT2D eigenvalue weighted by Crippen LogP contribution is -2.02. The molecule has 3 rings (SSSR count). The number of ether oxygens (including phenoxy) is 1. The summed E-state index contributed by atoms with van der Waals surface area (Å²) in [5, 5.41) is 0.711. The fraction of sp³-hybridized carbons (Fsp3) is 0.133. The number of carbonyl (C=O) groups excluding carboxylic acids is 1. The Labute approximate surface area is 110 Å². The van der Waals surface area contributed by atoms with Crippen LogP contribution in [0.3, 0.4) is 0 Å². The van der Waals surface area contributed by atoms with Crippen LogP contribution in [0, 0.1) is 0 Å². The van der Waals surface area contributed by atoms with Crippen molar-refractivity contribution in [3.8, 4) is 0 Å². The van der Waals surface area contributed by atoms with Gasteiger partial charge in [-0.2, -0.15) is 0 Å². The highest BCUT2D eigenvalue weighted by Gasteiger charge is 2.30. The fourth-order valence-electron chi connectivity index (χ4n) is 2.21. The molecule has 2 nitrogen and oxygen atoms in total. The Morgan fingerprint density at radius 3 is 2.56 bits per heavy atom. The zero-order valence-electron chi connectivity index (χ0n) is 9.60. The van der Waals surface area contributed by atoms with Gasteiger partial charge in [0.2, 0.25) is 0 Å². The minimum atomic E-state index is -0.232. The van der Waals surface area contributed by atoms with Crippen LogP contribution >= 0.6 is 11.6 Å². The Hall–Kier alpha value is -1.80. The van der Waals surface area contributed by atoms with Gasteiger partial charge >= 0.3 is 5.97 Å². The van der Waals surface area contributed by atoms with E-state index in [2.05, 4.69) is 0 Å². The van der Waals surface area contributed by atoms with Crippen LogP contribution in [-0.2, 0) is 11.2 Å². The summed E-state index contributed by atoms with van der Waals surface area (Å²) in [6.45, 7) is 0. The summed E-state index contributed by atoms with van der Waals surface area (Å²) in [6.07, 6.45) is 0.495. The van der Waals surface area contributed by atoms with Gasteiger partial charge in [0.15, 0.2) is 0 Å². The van der Waals surface area contributed by atoms with Crippen molar-refractivity contribution < 1.29 is 9.53 Å². The van der Waals surface area contributed by atoms with Crippen molar-refractivity contribution >= 4 is 17.6 Å². The first-order valence-electron chi connectivity index (χ1n) is 5.78. The van der Waals surface area contributed by atoms with Gasteiger partial charge in [-0.3, -0.25) is 0 Å². The van der Waals surface area contributed by atoms with Crippen molar-refractivity contribution in [1.82, 2.24) is 0 Å². The Morgan fingerprint density at radius 2 is 1.78 bits per heavy atom. The average Bonchev–Trinajstić information content (AvgIpc) is 2.70. The smallest absolute Gasteiger partial charge is 0.339 e. The first-order chi connectivity index (χ1) is 8.74. The molecule has 90 valence electrons. The molecule has 0 N–H and O–H groups in total. The number of fused-ring (bicyclic) bond motifs is 1. The van der Waals surface area contributed by atoms with E-state index in [0.717, 1.165) is 11.1 Å². The van der Waals surface area contributed by atoms with Crippen LogP contribution in [-0.4, -0.2) is 5.97 Å². The first-order valence-corrected chi connectivity index (χ1v) is 6.16. The molecular weight excluding hydrogens is 248 g/mol. The summed E-state index contributed by atoms with van der Waals surface area (Å²) in [7, 11) is 0. The molecule has 0 saturated heterocycles. The molecule has 0 fully saturated rings. The van der Waals surface area contributed by atoms with E-state index < -0.39 is 0 Å². The highest BCUT2D eigenvalue weighted by atomic mass is 35.5. The second-order valence-electron chi connectivity index (χ2n) is 4.31. The molecule has 18 heavy (non-hydrogen) atoms. The van der Waals surface area contributed by atoms with Crippen molar-refractivity contribution in [3.63, 3.8) is 0 Å². The molecule has 0 saturated carbocycles. The molecule has 1 aliphatic heterocycles. The first kappa shape index (κ1) is 11.3. The van der Waals surface area contributed by atoms with Gasteiger partial charge in [0, 0.05) is 17.0 Å². The topological polar surface area (TPSA) is 26.3 Å². The van der Waals surface area contributed by atoms with Gasteiger partial charge in [0.25, 0.3) is 0 Å². The summed E-state index contributed by atoms with van der Waals surface area (Å²) in [5.41, 5.74) is 2.75. The molecule has 0 unspecified atom stereocenters. The predicted molar refractivity (Wildman–Crippen MR) is 69.8 cm³/mol. The second kappa shape index (κ2) is 4.46. The molecule has 0 amide bonds. The standard InChI is InChI=1S/C15H11ClO2/c16-11-7-5-10(6-8-11)9-14-12-3-1-2-4-13(12)15(17)18-14/h1-8,14H,9H2/t14-/m0/s1. The largest absolute Gasteiger partial charge is 0.454 e. The number of benzene rings is 2. The van der Waals surface area contributed by atoms with Gasteiger partial charge in [-0.1, -0.05) is 41.9 Å². The number of rotatable bonds is 2. The quantitative estimate of drug-likeness (QED) is 0.766. The third-order valence-corrected chi connectivity index (χ3v) is 3.36. The number of hydrogen-bond donors (Lipinski definition) is 0. The SMILES string of the molecule is O=C1O[C@@H](Cc2ccc(Cl)cc2)c2ccccc21. The van der Waals surface area contributed by atoms with E-state index in [0.29, 0.717) is 17.0 Å². The van der Waals surface area contributed by atoms with Crippen molar-refractivity contribution in [3.05, 3.63) is 70.2 Å². The Bertz CT molecular complexity index is 590. The van der Waals surface area contributed by atoms with E-state index in [1.54, 1.807) is 6.07 Å². The van der Waals surface area contributed by atoms with Gasteiger partial charge in [0.1, 0.15) is 6.10 Å². The van der Waals surface area contributed by atoms with Gasteiger partial charge in [-0.05, 0) is 23.8 Å². The summed E-state index contributed by atoms with van der Waals surface area (Å²) >= 11 is 5.85. The number of halogens is 1. The molecule has 1 atom stereocenters. The molecule has 0 aromatic heterocycles. The van der Waals surface area contributed by atoms with Gasteiger partial charge in [0.05, 0.1) is 5.56 Å². The predicted octanol–water partition coefficient (Wildman–Crippen LogP) is 3.79. The molecular formula is C15H11ClO2. The van der Waals surface area contributed by atoms with Gasteiger partial charge in [-0.15, -0.1) is 0 Å². The van der Waals surface area contributed by atoms with Crippen molar-refractivity contribution in [1.29, 1.82) is 0 Å². The molecule has 1 heterocycles. The summed E-state index contributed by atoms with van der Waals surface area (Å²) in [6, 6.07) is 15.1. The van der Waals surface area contributed by atoms with Crippen LogP contribution in [0.5, 0.6) is 0 Å². The van der Waals surface area contributed by atoms with Crippen LogP contribution in [0.2, 0.25) is 5.02 Å². The summed E-state index contributed by atoms with van der Waals surface area (Å²) < 4.78 is 5.39. The highest BCUT2D eigenvalue weighted by Crippen LogP contribution is 2.33. The molecule has 1 aliphatic rings. The van der Waals surface area contributed by atoms with Crippen molar-refractivity contribution in [2.75, 3.05) is 0 Å². The zero-order chi connectivity index (χ0) is 12.5. The van der Waals surface area contributed by atoms with Gasteiger partial charge in [-0.25, -0.2) is 4.79 Å². The summed E-state index contributed by atoms with van der Waals surface area (Å²) in [4.78, 5) is 11.7. The van der Waals surface area contributed by atoms with Crippen LogP contribution in [0.1, 0.15) is 27.6 Å². The average molecular weight is 259 g/mol. The molecule has 2 aromatic rings. The third kappa shape index (κ3) is 2.00. The third-order valence-electron chi connectivity index (χ3n) is 3.11. The molecule has 0 bridgehead atoms. The molecule has 0 spiro atoms. The second-order valence-corrected chi connectivity index (χ2v) is 4.75. The number of esters is 1. The minimum absolute atomic E-state index is 0.185.